The molecule has 0 fully saturated rings. The fourth-order valence-electron chi connectivity index (χ4n) is 2.41. The average molecular weight is 336 g/mol. The van der Waals surface area contributed by atoms with E-state index in [2.05, 4.69) is 5.32 Å². The van der Waals surface area contributed by atoms with Gasteiger partial charge in [0.15, 0.2) is 11.5 Å². The van der Waals surface area contributed by atoms with Crippen molar-refractivity contribution >= 4 is 17.7 Å². The van der Waals surface area contributed by atoms with Gasteiger partial charge in [0, 0.05) is 11.8 Å². The van der Waals surface area contributed by atoms with Gasteiger partial charge < -0.3 is 19.5 Å². The summed E-state index contributed by atoms with van der Waals surface area (Å²) in [6.07, 6.45) is 3.06. The third-order valence-corrected chi connectivity index (χ3v) is 3.54. The molecule has 0 aliphatic carbocycles. The van der Waals surface area contributed by atoms with E-state index in [1.807, 2.05) is 6.07 Å². The SMILES string of the molecule is COc1cc(C=CC(=O)Nc2cccc(C#N)c2)cc2c1OCCO2. The molecule has 0 saturated heterocycles. The number of methoxy groups -OCH3 is 1. The second kappa shape index (κ2) is 7.41. The van der Waals surface area contributed by atoms with Crippen molar-refractivity contribution in [2.24, 2.45) is 0 Å². The number of rotatable bonds is 4. The average Bonchev–Trinajstić information content (AvgIpc) is 2.65. The molecule has 0 aromatic heterocycles. The number of ether oxygens (including phenoxy) is 3. The Hall–Kier alpha value is -3.46. The minimum Gasteiger partial charge on any atom is -0.493 e. The molecule has 0 radical (unpaired) electrons. The molecule has 0 spiro atoms. The van der Waals surface area contributed by atoms with Gasteiger partial charge in [-0.05, 0) is 42.0 Å². The highest BCUT2D eigenvalue weighted by Crippen LogP contribution is 2.40. The Bertz CT molecular complexity index is 851. The van der Waals surface area contributed by atoms with Crippen LogP contribution in [-0.4, -0.2) is 26.2 Å². The van der Waals surface area contributed by atoms with Gasteiger partial charge in [-0.25, -0.2) is 0 Å². The largest absolute Gasteiger partial charge is 0.493 e. The first-order valence-electron chi connectivity index (χ1n) is 7.66. The van der Waals surface area contributed by atoms with Crippen molar-refractivity contribution in [3.8, 4) is 23.3 Å². The molecule has 1 N–H and O–H groups in total. The molecule has 0 saturated carbocycles. The van der Waals surface area contributed by atoms with Crippen LogP contribution in [0.1, 0.15) is 11.1 Å². The summed E-state index contributed by atoms with van der Waals surface area (Å²) in [6, 6.07) is 12.3. The van der Waals surface area contributed by atoms with Crippen molar-refractivity contribution in [3.05, 3.63) is 53.6 Å². The van der Waals surface area contributed by atoms with Crippen molar-refractivity contribution in [2.75, 3.05) is 25.6 Å². The zero-order valence-corrected chi connectivity index (χ0v) is 13.6. The van der Waals surface area contributed by atoms with Crippen LogP contribution in [0.4, 0.5) is 5.69 Å². The van der Waals surface area contributed by atoms with Crippen LogP contribution in [0.15, 0.2) is 42.5 Å². The number of benzene rings is 2. The Morgan fingerprint density at radius 3 is 2.92 bits per heavy atom. The van der Waals surface area contributed by atoms with Gasteiger partial charge in [0.25, 0.3) is 0 Å². The van der Waals surface area contributed by atoms with Gasteiger partial charge in [0.1, 0.15) is 13.2 Å². The third kappa shape index (κ3) is 3.90. The highest BCUT2D eigenvalue weighted by molar-refractivity contribution is 6.02. The zero-order valence-electron chi connectivity index (χ0n) is 13.6. The summed E-state index contributed by atoms with van der Waals surface area (Å²) in [4.78, 5) is 12.1. The molecule has 2 aromatic rings. The minimum absolute atomic E-state index is 0.302. The normalized spacial score (nSPS) is 12.5. The number of nitrogens with zero attached hydrogens (tertiary/aromatic N) is 1. The van der Waals surface area contributed by atoms with Crippen LogP contribution in [0.25, 0.3) is 6.08 Å². The molecule has 3 rings (SSSR count). The highest BCUT2D eigenvalue weighted by Gasteiger charge is 2.17. The zero-order chi connectivity index (χ0) is 17.6. The fraction of sp³-hybridized carbons (Fsp3) is 0.158. The Balaban J connectivity index is 1.75. The maximum Gasteiger partial charge on any atom is 0.248 e. The molecule has 6 heteroatoms. The van der Waals surface area contributed by atoms with Crippen LogP contribution >= 0.6 is 0 Å². The van der Waals surface area contributed by atoms with Gasteiger partial charge in [-0.15, -0.1) is 0 Å². The number of hydrogen-bond acceptors (Lipinski definition) is 5. The van der Waals surface area contributed by atoms with Crippen LogP contribution in [0.5, 0.6) is 17.2 Å². The molecular weight excluding hydrogens is 320 g/mol. The molecule has 1 amide bonds. The topological polar surface area (TPSA) is 80.6 Å². The summed E-state index contributed by atoms with van der Waals surface area (Å²) in [5, 5.41) is 11.6. The van der Waals surface area contributed by atoms with E-state index in [0.29, 0.717) is 41.7 Å². The van der Waals surface area contributed by atoms with Gasteiger partial charge in [-0.2, -0.15) is 5.26 Å². The Labute approximate surface area is 145 Å². The third-order valence-electron chi connectivity index (χ3n) is 3.54. The molecule has 0 unspecified atom stereocenters. The molecule has 6 nitrogen and oxygen atoms in total. The van der Waals surface area contributed by atoms with Crippen molar-refractivity contribution in [2.45, 2.75) is 0 Å². The van der Waals surface area contributed by atoms with E-state index in [-0.39, 0.29) is 5.91 Å². The first-order chi connectivity index (χ1) is 12.2. The first-order valence-corrected chi connectivity index (χ1v) is 7.66. The predicted octanol–water partition coefficient (Wildman–Crippen LogP) is 2.99. The lowest BCUT2D eigenvalue weighted by molar-refractivity contribution is -0.111. The summed E-state index contributed by atoms with van der Waals surface area (Å²) >= 11 is 0. The lowest BCUT2D eigenvalue weighted by Crippen LogP contribution is -2.16. The molecule has 1 heterocycles. The highest BCUT2D eigenvalue weighted by atomic mass is 16.6. The Morgan fingerprint density at radius 1 is 1.28 bits per heavy atom. The monoisotopic (exact) mass is 336 g/mol. The Morgan fingerprint density at radius 2 is 2.12 bits per heavy atom. The quantitative estimate of drug-likeness (QED) is 0.868. The van der Waals surface area contributed by atoms with Crippen LogP contribution in [0.2, 0.25) is 0 Å². The van der Waals surface area contributed by atoms with E-state index < -0.39 is 0 Å². The molecule has 126 valence electrons. The number of hydrogen-bond donors (Lipinski definition) is 1. The standard InChI is InChI=1S/C19H16N2O4/c1-23-16-10-13(11-17-19(16)25-8-7-24-17)5-6-18(22)21-15-4-2-3-14(9-15)12-20/h2-6,9-11H,7-8H2,1H3,(H,21,22). The number of fused-ring (bicyclic) bond motifs is 1. The molecular formula is C19H16N2O4. The van der Waals surface area contributed by atoms with E-state index >= 15 is 0 Å². The van der Waals surface area contributed by atoms with Gasteiger partial charge in [-0.3, -0.25) is 4.79 Å². The molecule has 0 bridgehead atoms. The van der Waals surface area contributed by atoms with E-state index in [0.717, 1.165) is 5.56 Å². The van der Waals surface area contributed by atoms with Crippen molar-refractivity contribution in [3.63, 3.8) is 0 Å². The molecule has 0 atom stereocenters. The molecule has 1 aliphatic heterocycles. The second-order valence-electron chi connectivity index (χ2n) is 5.26. The van der Waals surface area contributed by atoms with Gasteiger partial charge in [0.2, 0.25) is 11.7 Å². The number of nitrogens with one attached hydrogen (secondary N) is 1. The number of carbonyl (C=O) groups is 1. The number of nitriles is 1. The number of anilines is 1. The smallest absolute Gasteiger partial charge is 0.248 e. The van der Waals surface area contributed by atoms with Crippen molar-refractivity contribution in [1.82, 2.24) is 0 Å². The number of carbonyl (C=O) groups excluding carboxylic acids is 1. The molecule has 2 aromatic carbocycles. The Kier molecular flexibility index (Phi) is 4.86. The van der Waals surface area contributed by atoms with Gasteiger partial charge >= 0.3 is 0 Å². The van der Waals surface area contributed by atoms with E-state index in [9.17, 15) is 4.79 Å². The van der Waals surface area contributed by atoms with E-state index in [1.165, 1.54) is 6.08 Å². The molecule has 25 heavy (non-hydrogen) atoms. The van der Waals surface area contributed by atoms with Crippen molar-refractivity contribution < 1.29 is 19.0 Å². The summed E-state index contributed by atoms with van der Waals surface area (Å²) in [6.45, 7) is 0.946. The van der Waals surface area contributed by atoms with Gasteiger partial charge in [-0.1, -0.05) is 6.07 Å². The number of amides is 1. The van der Waals surface area contributed by atoms with E-state index in [1.54, 1.807) is 49.6 Å². The van der Waals surface area contributed by atoms with Crippen molar-refractivity contribution in [1.29, 1.82) is 5.26 Å². The second-order valence-corrected chi connectivity index (χ2v) is 5.26. The maximum absolute atomic E-state index is 12.1. The summed E-state index contributed by atoms with van der Waals surface area (Å²) < 4.78 is 16.4. The molecule has 1 aliphatic rings. The summed E-state index contributed by atoms with van der Waals surface area (Å²) in [5.41, 5.74) is 1.80. The summed E-state index contributed by atoms with van der Waals surface area (Å²) in [7, 11) is 1.55. The van der Waals surface area contributed by atoms with Crippen LogP contribution in [0.3, 0.4) is 0 Å². The fourth-order valence-corrected chi connectivity index (χ4v) is 2.41. The van der Waals surface area contributed by atoms with Crippen LogP contribution in [0, 0.1) is 11.3 Å². The van der Waals surface area contributed by atoms with Gasteiger partial charge in [0.05, 0.1) is 18.7 Å². The summed E-state index contributed by atoms with van der Waals surface area (Å²) in [5.74, 6) is 1.42. The lowest BCUT2D eigenvalue weighted by Gasteiger charge is -2.20. The lowest BCUT2D eigenvalue weighted by atomic mass is 10.1. The first kappa shape index (κ1) is 16.4. The minimum atomic E-state index is -0.302. The van der Waals surface area contributed by atoms with Crippen LogP contribution < -0.4 is 19.5 Å². The van der Waals surface area contributed by atoms with Crippen LogP contribution in [-0.2, 0) is 4.79 Å². The van der Waals surface area contributed by atoms with E-state index in [4.69, 9.17) is 19.5 Å². The predicted molar refractivity (Wildman–Crippen MR) is 92.8 cm³/mol. The maximum atomic E-state index is 12.1.